The highest BCUT2D eigenvalue weighted by atomic mass is 35.5. The predicted molar refractivity (Wildman–Crippen MR) is 67.3 cm³/mol. The van der Waals surface area contributed by atoms with Gasteiger partial charge in [-0.15, -0.1) is 11.3 Å². The summed E-state index contributed by atoms with van der Waals surface area (Å²) in [5, 5.41) is 1.00. The summed E-state index contributed by atoms with van der Waals surface area (Å²) in [5.41, 5.74) is 0. The first-order chi connectivity index (χ1) is 7.99. The summed E-state index contributed by atoms with van der Waals surface area (Å²) in [6.45, 7) is 3.53. The number of esters is 1. The second-order valence-electron chi connectivity index (χ2n) is 3.84. The molecule has 17 heavy (non-hydrogen) atoms. The van der Waals surface area contributed by atoms with Crippen molar-refractivity contribution in [1.82, 2.24) is 0 Å². The van der Waals surface area contributed by atoms with E-state index in [9.17, 15) is 9.18 Å². The van der Waals surface area contributed by atoms with E-state index in [1.165, 1.54) is 12.1 Å². The van der Waals surface area contributed by atoms with Gasteiger partial charge in [-0.25, -0.2) is 9.18 Å². The van der Waals surface area contributed by atoms with Gasteiger partial charge in [-0.1, -0.05) is 11.6 Å². The number of ether oxygens (including phenoxy) is 1. The van der Waals surface area contributed by atoms with E-state index in [1.54, 1.807) is 19.9 Å². The summed E-state index contributed by atoms with van der Waals surface area (Å²) < 4.78 is 18.8. The summed E-state index contributed by atoms with van der Waals surface area (Å²) in [6, 6.07) is 4.24. The van der Waals surface area contributed by atoms with E-state index < -0.39 is 5.97 Å². The van der Waals surface area contributed by atoms with Crippen LogP contribution in [0.25, 0.3) is 10.1 Å². The molecule has 0 aliphatic rings. The highest BCUT2D eigenvalue weighted by Crippen LogP contribution is 2.36. The van der Waals surface area contributed by atoms with E-state index in [-0.39, 0.29) is 11.9 Å². The van der Waals surface area contributed by atoms with E-state index in [4.69, 9.17) is 16.3 Å². The van der Waals surface area contributed by atoms with Crippen LogP contribution in [0.15, 0.2) is 18.2 Å². The molecule has 0 fully saturated rings. The Morgan fingerprint density at radius 2 is 2.18 bits per heavy atom. The average Bonchev–Trinajstić information content (AvgIpc) is 2.54. The second-order valence-corrected chi connectivity index (χ2v) is 5.27. The summed E-state index contributed by atoms with van der Waals surface area (Å²) in [5.74, 6) is -0.814. The Labute approximate surface area is 107 Å². The molecule has 1 aromatic carbocycles. The molecule has 0 spiro atoms. The number of halogens is 2. The first kappa shape index (κ1) is 12.3. The van der Waals surface area contributed by atoms with Crippen LogP contribution >= 0.6 is 22.9 Å². The van der Waals surface area contributed by atoms with E-state index in [0.29, 0.717) is 20.0 Å². The lowest BCUT2D eigenvalue weighted by Gasteiger charge is -2.05. The Morgan fingerprint density at radius 1 is 1.47 bits per heavy atom. The van der Waals surface area contributed by atoms with Crippen molar-refractivity contribution in [2.75, 3.05) is 0 Å². The Morgan fingerprint density at radius 3 is 2.82 bits per heavy atom. The lowest BCUT2D eigenvalue weighted by molar-refractivity contribution is 0.0384. The standard InChI is InChI=1S/C12H10ClFO2S/c1-6(2)16-12(15)11-10(13)8-4-3-7(14)5-9(8)17-11/h3-6H,1-2H3. The van der Waals surface area contributed by atoms with Crippen molar-refractivity contribution in [3.05, 3.63) is 33.9 Å². The van der Waals surface area contributed by atoms with Crippen LogP contribution in [-0.4, -0.2) is 12.1 Å². The smallest absolute Gasteiger partial charge is 0.350 e. The molecule has 0 amide bonds. The van der Waals surface area contributed by atoms with Crippen LogP contribution in [0, 0.1) is 5.82 Å². The van der Waals surface area contributed by atoms with E-state index in [1.807, 2.05) is 0 Å². The molecule has 0 radical (unpaired) electrons. The fourth-order valence-electron chi connectivity index (χ4n) is 1.44. The Kier molecular flexibility index (Phi) is 3.35. The molecule has 0 atom stereocenters. The Bertz CT molecular complexity index is 577. The van der Waals surface area contributed by atoms with Crippen LogP contribution in [-0.2, 0) is 4.74 Å². The molecule has 5 heteroatoms. The lowest BCUT2D eigenvalue weighted by atomic mass is 10.2. The third-order valence-electron chi connectivity index (χ3n) is 2.12. The van der Waals surface area contributed by atoms with Gasteiger partial charge in [-0.3, -0.25) is 0 Å². The molecule has 0 aliphatic carbocycles. The zero-order chi connectivity index (χ0) is 12.6. The Balaban J connectivity index is 2.48. The lowest BCUT2D eigenvalue weighted by Crippen LogP contribution is -2.10. The first-order valence-electron chi connectivity index (χ1n) is 5.07. The van der Waals surface area contributed by atoms with Crippen molar-refractivity contribution in [2.24, 2.45) is 0 Å². The SMILES string of the molecule is CC(C)OC(=O)c1sc2cc(F)ccc2c1Cl. The van der Waals surface area contributed by atoms with Crippen molar-refractivity contribution in [3.63, 3.8) is 0 Å². The largest absolute Gasteiger partial charge is 0.459 e. The molecule has 2 aromatic rings. The zero-order valence-electron chi connectivity index (χ0n) is 9.29. The average molecular weight is 273 g/mol. The molecule has 90 valence electrons. The summed E-state index contributed by atoms with van der Waals surface area (Å²) in [7, 11) is 0. The number of thiophene rings is 1. The number of benzene rings is 1. The van der Waals surface area contributed by atoms with Gasteiger partial charge < -0.3 is 4.74 Å². The Hall–Kier alpha value is -1.13. The molecule has 1 heterocycles. The van der Waals surface area contributed by atoms with Crippen LogP contribution in [0.5, 0.6) is 0 Å². The summed E-state index contributed by atoms with van der Waals surface area (Å²) >= 11 is 7.22. The van der Waals surface area contributed by atoms with Crippen molar-refractivity contribution >= 4 is 39.0 Å². The number of fused-ring (bicyclic) bond motifs is 1. The number of hydrogen-bond donors (Lipinski definition) is 0. The predicted octanol–water partition coefficient (Wildman–Crippen LogP) is 4.26. The molecule has 2 nitrogen and oxygen atoms in total. The van der Waals surface area contributed by atoms with Gasteiger partial charge in [0.25, 0.3) is 0 Å². The van der Waals surface area contributed by atoms with Gasteiger partial charge in [-0.05, 0) is 32.0 Å². The topological polar surface area (TPSA) is 26.3 Å². The zero-order valence-corrected chi connectivity index (χ0v) is 10.9. The molecular weight excluding hydrogens is 263 g/mol. The van der Waals surface area contributed by atoms with Crippen LogP contribution in [0.3, 0.4) is 0 Å². The highest BCUT2D eigenvalue weighted by Gasteiger charge is 2.19. The maximum atomic E-state index is 13.0. The maximum absolute atomic E-state index is 13.0. The number of carbonyl (C=O) groups excluding carboxylic acids is 1. The van der Waals surface area contributed by atoms with Gasteiger partial charge in [0, 0.05) is 10.1 Å². The molecule has 2 rings (SSSR count). The minimum Gasteiger partial charge on any atom is -0.459 e. The first-order valence-corrected chi connectivity index (χ1v) is 6.27. The van der Waals surface area contributed by atoms with Crippen molar-refractivity contribution in [3.8, 4) is 0 Å². The van der Waals surface area contributed by atoms with Crippen LogP contribution in [0.2, 0.25) is 5.02 Å². The number of hydrogen-bond acceptors (Lipinski definition) is 3. The molecule has 0 N–H and O–H groups in total. The van der Waals surface area contributed by atoms with E-state index >= 15 is 0 Å². The number of rotatable bonds is 2. The minimum atomic E-state index is -0.466. The fraction of sp³-hybridized carbons (Fsp3) is 0.250. The minimum absolute atomic E-state index is 0.208. The van der Waals surface area contributed by atoms with Gasteiger partial charge in [-0.2, -0.15) is 0 Å². The molecular formula is C12H10ClFO2S. The summed E-state index contributed by atoms with van der Waals surface area (Å²) in [6.07, 6.45) is -0.208. The van der Waals surface area contributed by atoms with Gasteiger partial charge in [0.05, 0.1) is 11.1 Å². The van der Waals surface area contributed by atoms with Gasteiger partial charge in [0.15, 0.2) is 0 Å². The van der Waals surface area contributed by atoms with Crippen LogP contribution in [0.1, 0.15) is 23.5 Å². The van der Waals surface area contributed by atoms with Crippen molar-refractivity contribution in [1.29, 1.82) is 0 Å². The van der Waals surface area contributed by atoms with E-state index in [0.717, 1.165) is 11.3 Å². The van der Waals surface area contributed by atoms with Gasteiger partial charge in [0.1, 0.15) is 10.7 Å². The van der Waals surface area contributed by atoms with Crippen molar-refractivity contribution < 1.29 is 13.9 Å². The monoisotopic (exact) mass is 272 g/mol. The normalized spacial score (nSPS) is 11.1. The molecule has 0 bridgehead atoms. The van der Waals surface area contributed by atoms with E-state index in [2.05, 4.69) is 0 Å². The van der Waals surface area contributed by atoms with Crippen LogP contribution in [0.4, 0.5) is 4.39 Å². The molecule has 0 saturated carbocycles. The van der Waals surface area contributed by atoms with Crippen molar-refractivity contribution in [2.45, 2.75) is 20.0 Å². The van der Waals surface area contributed by atoms with Gasteiger partial charge in [0.2, 0.25) is 0 Å². The maximum Gasteiger partial charge on any atom is 0.350 e. The third-order valence-corrected chi connectivity index (χ3v) is 3.76. The quantitative estimate of drug-likeness (QED) is 0.764. The molecule has 0 aliphatic heterocycles. The third kappa shape index (κ3) is 2.42. The van der Waals surface area contributed by atoms with Gasteiger partial charge >= 0.3 is 5.97 Å². The molecule has 0 unspecified atom stereocenters. The molecule has 1 aromatic heterocycles. The van der Waals surface area contributed by atoms with Crippen LogP contribution < -0.4 is 0 Å². The highest BCUT2D eigenvalue weighted by molar-refractivity contribution is 7.21. The number of carbonyl (C=O) groups is 1. The fourth-order valence-corrected chi connectivity index (χ4v) is 2.85. The molecule has 0 saturated heterocycles. The second kappa shape index (κ2) is 4.63. The summed E-state index contributed by atoms with van der Waals surface area (Å²) in [4.78, 5) is 12.1.